The van der Waals surface area contributed by atoms with E-state index in [2.05, 4.69) is 47.9 Å². The standard InChI is InChI=1S/C46H78N12O18S2/c1-23(2)37(45(74)51-24(3)38(67)53-29(17-20-77-4)42(71)54-27(10-13-32(49)59)41(70)57-31(46(75)76)8-6-7-19-47)58-44(73)28(12-16-36(65)66)55-43(72)30(18-21-78-5)56-40(69)26(11-15-35(63)64)52-33(60)22-50-39(68)25(48)9-14-34(61)62/h23-31,37H,6-22,47-48H2,1-5H3,(H2,49,59)(H,50,68)(H,51,74)(H,52,60)(H,53,67)(H,54,71)(H,55,72)(H,56,69)(H,57,70)(H,58,73)(H,61,62)(H,63,64)(H,65,66)(H,75,76)/t24-,25-,26-,27-,28-,29-,30-,31-,37-/m0/s1. The predicted molar refractivity (Wildman–Crippen MR) is 283 cm³/mol. The van der Waals surface area contributed by atoms with Gasteiger partial charge >= 0.3 is 23.9 Å². The lowest BCUT2D eigenvalue weighted by Crippen LogP contribution is -2.60. The van der Waals surface area contributed by atoms with Crippen molar-refractivity contribution >= 4 is 106 Å². The molecule has 10 amide bonds. The number of carboxylic acids is 4. The molecule has 0 aliphatic carbocycles. The highest BCUT2D eigenvalue weighted by atomic mass is 32.2. The molecular formula is C46H78N12O18S2. The van der Waals surface area contributed by atoms with Crippen LogP contribution in [0.1, 0.15) is 104 Å². The van der Waals surface area contributed by atoms with Crippen molar-refractivity contribution in [3.8, 4) is 0 Å². The van der Waals surface area contributed by atoms with Crippen molar-refractivity contribution in [1.82, 2.24) is 47.9 Å². The summed E-state index contributed by atoms with van der Waals surface area (Å²) in [5.41, 5.74) is 16.4. The van der Waals surface area contributed by atoms with Gasteiger partial charge in [-0.25, -0.2) is 4.79 Å². The van der Waals surface area contributed by atoms with Crippen LogP contribution in [0.5, 0.6) is 0 Å². The second-order valence-corrected chi connectivity index (χ2v) is 20.2. The molecule has 30 nitrogen and oxygen atoms in total. The number of primary amides is 1. The zero-order valence-electron chi connectivity index (χ0n) is 44.3. The maximum absolute atomic E-state index is 13.9. The number of carbonyl (C=O) groups excluding carboxylic acids is 10. The smallest absolute Gasteiger partial charge is 0.326 e. The molecule has 9 atom stereocenters. The molecule has 0 saturated heterocycles. The van der Waals surface area contributed by atoms with Gasteiger partial charge in [0.1, 0.15) is 48.3 Å². The van der Waals surface area contributed by atoms with Crippen molar-refractivity contribution in [2.45, 2.75) is 159 Å². The molecule has 0 bridgehead atoms. The van der Waals surface area contributed by atoms with Crippen molar-refractivity contribution in [1.29, 1.82) is 0 Å². The quantitative estimate of drug-likeness (QED) is 0.0257. The molecule has 0 fully saturated rings. The zero-order chi connectivity index (χ0) is 59.7. The van der Waals surface area contributed by atoms with E-state index >= 15 is 0 Å². The monoisotopic (exact) mass is 1150 g/mol. The maximum Gasteiger partial charge on any atom is 0.326 e. The summed E-state index contributed by atoms with van der Waals surface area (Å²) in [4.78, 5) is 178. The topological polar surface area (TPSA) is 506 Å². The highest BCUT2D eigenvalue weighted by molar-refractivity contribution is 7.98. The predicted octanol–water partition coefficient (Wildman–Crippen LogP) is -4.44. The Morgan fingerprint density at radius 1 is 0.449 bits per heavy atom. The average Bonchev–Trinajstić information content (AvgIpc) is 3.36. The Labute approximate surface area is 459 Å². The lowest BCUT2D eigenvalue weighted by molar-refractivity contribution is -0.143. The largest absolute Gasteiger partial charge is 0.481 e. The minimum absolute atomic E-state index is 0.00499. The van der Waals surface area contributed by atoms with Crippen molar-refractivity contribution in [3.05, 3.63) is 0 Å². The Kier molecular flexibility index (Phi) is 35.3. The molecule has 0 aliphatic rings. The number of carbonyl (C=O) groups is 14. The maximum atomic E-state index is 13.9. The lowest BCUT2D eigenvalue weighted by atomic mass is 10.0. The van der Waals surface area contributed by atoms with Crippen molar-refractivity contribution in [2.24, 2.45) is 23.1 Å². The van der Waals surface area contributed by atoms with Gasteiger partial charge in [0.05, 0.1) is 12.6 Å². The van der Waals surface area contributed by atoms with Gasteiger partial charge in [-0.05, 0) is 101 Å². The second kappa shape index (κ2) is 38.7. The van der Waals surface area contributed by atoms with E-state index in [0.717, 1.165) is 0 Å². The Morgan fingerprint density at radius 2 is 0.846 bits per heavy atom. The van der Waals surface area contributed by atoms with E-state index in [0.29, 0.717) is 18.6 Å². The van der Waals surface area contributed by atoms with E-state index in [4.69, 9.17) is 22.3 Å². The van der Waals surface area contributed by atoms with Gasteiger partial charge in [0, 0.05) is 25.7 Å². The number of nitrogens with two attached hydrogens (primary N) is 3. The van der Waals surface area contributed by atoms with E-state index in [-0.39, 0.29) is 50.8 Å². The molecule has 0 rings (SSSR count). The van der Waals surface area contributed by atoms with Crippen LogP contribution in [-0.4, -0.2) is 195 Å². The Hall–Kier alpha value is -6.80. The number of hydrogen-bond acceptors (Lipinski definition) is 18. The van der Waals surface area contributed by atoms with E-state index < -0.39 is 182 Å². The fourth-order valence-corrected chi connectivity index (χ4v) is 7.83. The number of nitrogens with one attached hydrogen (secondary N) is 9. The summed E-state index contributed by atoms with van der Waals surface area (Å²) in [6.45, 7) is 3.82. The SMILES string of the molecule is CSCC[C@H](NC(=O)[C@H](C)NC(=O)[C@@H](NC(=O)[C@H](CCC(=O)O)NC(=O)[C@H](CCSC)NC(=O)[C@H](CCC(=O)O)NC(=O)CNC(=O)[C@@H](N)CCC(=O)O)C(C)C)C(=O)N[C@@H](CCC(N)=O)C(=O)N[C@@H](CCCCN)C(=O)O. The van der Waals surface area contributed by atoms with E-state index in [1.54, 1.807) is 12.5 Å². The lowest BCUT2D eigenvalue weighted by Gasteiger charge is -2.28. The molecule has 442 valence electrons. The van der Waals surface area contributed by atoms with Crippen molar-refractivity contribution < 1.29 is 87.5 Å². The third kappa shape index (κ3) is 30.2. The number of hydrogen-bond donors (Lipinski definition) is 16. The molecule has 32 heteroatoms. The fourth-order valence-electron chi connectivity index (χ4n) is 6.89. The third-order valence-corrected chi connectivity index (χ3v) is 12.7. The first-order valence-electron chi connectivity index (χ1n) is 24.9. The number of carboxylic acid groups (broad SMARTS) is 4. The minimum Gasteiger partial charge on any atom is -0.481 e. The molecule has 0 heterocycles. The molecule has 0 radical (unpaired) electrons. The summed E-state index contributed by atoms with van der Waals surface area (Å²) in [5.74, 6) is -15.0. The van der Waals surface area contributed by atoms with Crippen LogP contribution in [-0.2, 0) is 67.1 Å². The first-order chi connectivity index (χ1) is 36.6. The summed E-state index contributed by atoms with van der Waals surface area (Å²) in [5, 5.41) is 58.8. The first-order valence-corrected chi connectivity index (χ1v) is 27.7. The van der Waals surface area contributed by atoms with Crippen LogP contribution in [0, 0.1) is 5.92 Å². The fraction of sp³-hybridized carbons (Fsp3) is 0.696. The van der Waals surface area contributed by atoms with Crippen molar-refractivity contribution in [3.63, 3.8) is 0 Å². The first kappa shape index (κ1) is 71.2. The van der Waals surface area contributed by atoms with Crippen molar-refractivity contribution in [2.75, 3.05) is 37.1 Å². The van der Waals surface area contributed by atoms with Gasteiger partial charge < -0.3 is 85.5 Å². The Morgan fingerprint density at radius 3 is 1.26 bits per heavy atom. The van der Waals surface area contributed by atoms with Gasteiger partial charge in [0.15, 0.2) is 0 Å². The van der Waals surface area contributed by atoms with E-state index in [1.165, 1.54) is 44.3 Å². The molecule has 0 spiro atoms. The van der Waals surface area contributed by atoms with E-state index in [1.807, 2.05) is 0 Å². The van der Waals surface area contributed by atoms with Crippen LogP contribution in [0.4, 0.5) is 0 Å². The van der Waals surface area contributed by atoms with Gasteiger partial charge in [-0.2, -0.15) is 23.5 Å². The van der Waals surface area contributed by atoms with Crippen LogP contribution in [0.15, 0.2) is 0 Å². The number of thioether (sulfide) groups is 2. The summed E-state index contributed by atoms with van der Waals surface area (Å²) >= 11 is 2.55. The summed E-state index contributed by atoms with van der Waals surface area (Å²) in [6.07, 6.45) is 0.375. The molecule has 19 N–H and O–H groups in total. The van der Waals surface area contributed by atoms with Crippen LogP contribution in [0.25, 0.3) is 0 Å². The van der Waals surface area contributed by atoms with Crippen LogP contribution >= 0.6 is 23.5 Å². The van der Waals surface area contributed by atoms with Crippen LogP contribution < -0.4 is 65.1 Å². The van der Waals surface area contributed by atoms with Crippen LogP contribution in [0.2, 0.25) is 0 Å². The van der Waals surface area contributed by atoms with Crippen LogP contribution in [0.3, 0.4) is 0 Å². The third-order valence-electron chi connectivity index (χ3n) is 11.4. The van der Waals surface area contributed by atoms with Gasteiger partial charge in [0.25, 0.3) is 0 Å². The summed E-state index contributed by atoms with van der Waals surface area (Å²) in [6, 6.07) is -13.0. The molecule has 0 aromatic heterocycles. The average molecular weight is 1150 g/mol. The van der Waals surface area contributed by atoms with Gasteiger partial charge in [0.2, 0.25) is 59.1 Å². The Bertz CT molecular complexity index is 2090. The normalized spacial score (nSPS) is 14.4. The number of amides is 10. The molecule has 0 aromatic rings. The van der Waals surface area contributed by atoms with Gasteiger partial charge in [-0.1, -0.05) is 13.8 Å². The Balaban J connectivity index is 6.37. The molecular weight excluding hydrogens is 1070 g/mol. The zero-order valence-corrected chi connectivity index (χ0v) is 46.0. The summed E-state index contributed by atoms with van der Waals surface area (Å²) < 4.78 is 0. The number of rotatable bonds is 42. The highest BCUT2D eigenvalue weighted by Crippen LogP contribution is 2.11. The molecule has 0 aliphatic heterocycles. The van der Waals surface area contributed by atoms with Gasteiger partial charge in [-0.3, -0.25) is 62.3 Å². The molecule has 0 saturated carbocycles. The summed E-state index contributed by atoms with van der Waals surface area (Å²) in [7, 11) is 0. The second-order valence-electron chi connectivity index (χ2n) is 18.2. The minimum atomic E-state index is -1.67. The molecule has 78 heavy (non-hydrogen) atoms. The number of unbranched alkanes of at least 4 members (excludes halogenated alkanes) is 1. The van der Waals surface area contributed by atoms with E-state index in [9.17, 15) is 82.4 Å². The van der Waals surface area contributed by atoms with Gasteiger partial charge in [-0.15, -0.1) is 0 Å². The molecule has 0 aromatic carbocycles. The molecule has 0 unspecified atom stereocenters. The highest BCUT2D eigenvalue weighted by Gasteiger charge is 2.35. The number of aliphatic carboxylic acids is 4.